The van der Waals surface area contributed by atoms with Gasteiger partial charge in [-0.05, 0) is 194 Å². The lowest BCUT2D eigenvalue weighted by molar-refractivity contribution is 1.08. The maximum absolute atomic E-state index is 5.11. The van der Waals surface area contributed by atoms with E-state index >= 15 is 0 Å². The third-order valence-corrected chi connectivity index (χ3v) is 24.7. The van der Waals surface area contributed by atoms with Crippen molar-refractivity contribution in [2.24, 2.45) is 0 Å². The molecule has 0 atom stereocenters. The summed E-state index contributed by atoms with van der Waals surface area (Å²) < 4.78 is 7.36. The summed E-state index contributed by atoms with van der Waals surface area (Å²) in [5.41, 5.74) is 25.2. The van der Waals surface area contributed by atoms with Gasteiger partial charge < -0.3 is 14.4 Å². The molecule has 22 rings (SSSR count). The highest BCUT2D eigenvalue weighted by Gasteiger charge is 2.23. The number of para-hydroxylation sites is 3. The third-order valence-electron chi connectivity index (χ3n) is 22.3. The van der Waals surface area contributed by atoms with E-state index in [1.54, 1.807) is 11.3 Å². The standard InChI is InChI=1S/C55H36N4S.C54H36N2S/c1-4-15-37(16-5-1)39-29-32-44(33-30-39)59(46-34-31-38-17-10-11-22-42(38)35-46)45-24-12-23-43(36-45)47-25-14-28-50-51(47)48-26-13-27-49(52(48)60-50)55-57-53(40-18-6-2-7-19-40)56-54(58-55)41-20-8-3-9-21-41;1-4-14-37(15-5-1)39-16-12-21-45(34-39)55(42-17-6-2-7-18-42)44-30-26-38(27-31-44)40-29-33-53-50(35-40)48-24-13-23-46(54(48)57-53)41-28-32-52-49(36-41)47-22-10-11-25-51(47)56(52)43-19-8-3-9-20-43/h1-36H;1-36H. The summed E-state index contributed by atoms with van der Waals surface area (Å²) in [6, 6.07) is 156. The van der Waals surface area contributed by atoms with Crippen LogP contribution in [-0.2, 0) is 0 Å². The molecule has 4 aromatic heterocycles. The van der Waals surface area contributed by atoms with Gasteiger partial charge in [-0.2, -0.15) is 0 Å². The van der Waals surface area contributed by atoms with Crippen LogP contribution >= 0.6 is 22.7 Å². The molecule has 0 aliphatic heterocycles. The van der Waals surface area contributed by atoms with Crippen LogP contribution in [0, 0.1) is 0 Å². The molecule has 0 fully saturated rings. The Morgan fingerprint density at radius 2 is 0.607 bits per heavy atom. The summed E-state index contributed by atoms with van der Waals surface area (Å²) in [6.45, 7) is 0. The fourth-order valence-electron chi connectivity index (χ4n) is 16.7. The Morgan fingerprint density at radius 3 is 1.29 bits per heavy atom. The number of thiophene rings is 2. The second kappa shape index (κ2) is 30.5. The van der Waals surface area contributed by atoms with E-state index in [-0.39, 0.29) is 0 Å². The van der Waals surface area contributed by atoms with Crippen molar-refractivity contribution in [2.45, 2.75) is 0 Å². The second-order valence-electron chi connectivity index (χ2n) is 29.4. The zero-order valence-electron chi connectivity index (χ0n) is 63.6. The fourth-order valence-corrected chi connectivity index (χ4v) is 19.1. The van der Waals surface area contributed by atoms with Crippen LogP contribution in [0.4, 0.5) is 34.1 Å². The van der Waals surface area contributed by atoms with E-state index in [0.717, 1.165) is 61.1 Å². The monoisotopic (exact) mass is 1530 g/mol. The second-order valence-corrected chi connectivity index (χ2v) is 31.5. The smallest absolute Gasteiger partial charge is 0.165 e. The van der Waals surface area contributed by atoms with Gasteiger partial charge in [0.2, 0.25) is 0 Å². The quantitative estimate of drug-likeness (QED) is 0.102. The summed E-state index contributed by atoms with van der Waals surface area (Å²) >= 11 is 3.68. The molecule has 0 aliphatic carbocycles. The lowest BCUT2D eigenvalue weighted by atomic mass is 9.97. The normalized spacial score (nSPS) is 11.4. The molecule has 0 amide bonds. The number of hydrogen-bond donors (Lipinski definition) is 0. The number of nitrogens with zero attached hydrogens (tertiary/aromatic N) is 6. The topological polar surface area (TPSA) is 50.1 Å². The van der Waals surface area contributed by atoms with Crippen molar-refractivity contribution in [1.82, 2.24) is 19.5 Å². The maximum atomic E-state index is 5.11. The molecule has 0 N–H and O–H groups in total. The molecule has 0 aliphatic rings. The van der Waals surface area contributed by atoms with Crippen LogP contribution in [0.2, 0.25) is 0 Å². The molecule has 18 aromatic carbocycles. The molecule has 8 heteroatoms. The summed E-state index contributed by atoms with van der Waals surface area (Å²) in [5.74, 6) is 1.97. The lowest BCUT2D eigenvalue weighted by Crippen LogP contribution is -2.10. The van der Waals surface area contributed by atoms with Gasteiger partial charge in [-0.15, -0.1) is 22.7 Å². The van der Waals surface area contributed by atoms with E-state index in [9.17, 15) is 0 Å². The number of rotatable bonds is 15. The first-order chi connectivity index (χ1) is 58.0. The van der Waals surface area contributed by atoms with Crippen LogP contribution in [-0.4, -0.2) is 19.5 Å². The molecule has 22 aromatic rings. The van der Waals surface area contributed by atoms with Gasteiger partial charge in [0, 0.05) is 108 Å². The van der Waals surface area contributed by atoms with Gasteiger partial charge in [-0.3, -0.25) is 0 Å². The highest BCUT2D eigenvalue weighted by Crippen LogP contribution is 2.48. The molecule has 0 saturated heterocycles. The minimum absolute atomic E-state index is 0.653. The summed E-state index contributed by atoms with van der Waals surface area (Å²) in [7, 11) is 0. The van der Waals surface area contributed by atoms with Gasteiger partial charge in [0.05, 0.1) is 11.0 Å². The first kappa shape index (κ1) is 70.0. The molecule has 6 nitrogen and oxygen atoms in total. The van der Waals surface area contributed by atoms with Gasteiger partial charge >= 0.3 is 0 Å². The highest BCUT2D eigenvalue weighted by molar-refractivity contribution is 7.26. The third kappa shape index (κ3) is 13.4. The average molecular weight is 1530 g/mol. The van der Waals surface area contributed by atoms with E-state index in [2.05, 4.69) is 415 Å². The molecule has 4 heterocycles. The predicted molar refractivity (Wildman–Crippen MR) is 497 cm³/mol. The van der Waals surface area contributed by atoms with Crippen molar-refractivity contribution in [3.63, 3.8) is 0 Å². The van der Waals surface area contributed by atoms with Crippen molar-refractivity contribution in [3.8, 4) is 95.5 Å². The van der Waals surface area contributed by atoms with Crippen LogP contribution in [0.25, 0.3) is 168 Å². The number of fused-ring (bicyclic) bond motifs is 10. The van der Waals surface area contributed by atoms with Crippen LogP contribution in [0.3, 0.4) is 0 Å². The zero-order chi connectivity index (χ0) is 77.5. The Balaban J connectivity index is 0.000000146. The van der Waals surface area contributed by atoms with E-state index in [1.165, 1.54) is 124 Å². The highest BCUT2D eigenvalue weighted by atomic mass is 32.1. The minimum atomic E-state index is 0.653. The van der Waals surface area contributed by atoms with Crippen molar-refractivity contribution < 1.29 is 0 Å². The van der Waals surface area contributed by atoms with Crippen molar-refractivity contribution >= 4 is 130 Å². The maximum Gasteiger partial charge on any atom is 0.165 e. The fraction of sp³-hybridized carbons (Fsp3) is 0. The Labute approximate surface area is 686 Å². The van der Waals surface area contributed by atoms with Crippen molar-refractivity contribution in [3.05, 3.63) is 437 Å². The first-order valence-electron chi connectivity index (χ1n) is 39.5. The largest absolute Gasteiger partial charge is 0.310 e. The number of benzene rings is 18. The molecule has 0 bridgehead atoms. The number of aromatic nitrogens is 4. The van der Waals surface area contributed by atoms with E-state index in [4.69, 9.17) is 15.0 Å². The van der Waals surface area contributed by atoms with Crippen LogP contribution in [0.5, 0.6) is 0 Å². The van der Waals surface area contributed by atoms with Gasteiger partial charge in [-0.25, -0.2) is 15.0 Å². The molecule has 117 heavy (non-hydrogen) atoms. The summed E-state index contributed by atoms with van der Waals surface area (Å²) in [6.07, 6.45) is 0. The van der Waals surface area contributed by atoms with Crippen molar-refractivity contribution in [1.29, 1.82) is 0 Å². The van der Waals surface area contributed by atoms with Crippen LogP contribution in [0.15, 0.2) is 437 Å². The Morgan fingerprint density at radius 1 is 0.205 bits per heavy atom. The van der Waals surface area contributed by atoms with E-state index < -0.39 is 0 Å². The van der Waals surface area contributed by atoms with Crippen molar-refractivity contribution in [2.75, 3.05) is 9.80 Å². The van der Waals surface area contributed by atoms with Crippen LogP contribution < -0.4 is 9.80 Å². The molecular weight excluding hydrogens is 1460 g/mol. The molecule has 550 valence electrons. The van der Waals surface area contributed by atoms with E-state index in [1.807, 2.05) is 47.7 Å². The molecule has 0 radical (unpaired) electrons. The van der Waals surface area contributed by atoms with Gasteiger partial charge in [0.1, 0.15) is 0 Å². The average Bonchev–Trinajstić information content (AvgIpc) is 1.59. The number of hydrogen-bond acceptors (Lipinski definition) is 7. The van der Waals surface area contributed by atoms with E-state index in [0.29, 0.717) is 17.5 Å². The lowest BCUT2D eigenvalue weighted by Gasteiger charge is -2.26. The van der Waals surface area contributed by atoms with Gasteiger partial charge in [-0.1, -0.05) is 309 Å². The molecular formula is C109H72N6S2. The SMILES string of the molecule is c1ccc(-c2ccc(N(c3cccc(-c4cccc5sc6c(-c7nc(-c8ccccc8)nc(-c8ccccc8)n7)cccc6c45)c3)c3ccc4ccccc4c3)cc2)cc1.c1ccc(-c2cccc(N(c3ccccc3)c3ccc(-c4ccc5sc6c(-c7ccc8c(c7)c7ccccc7n8-c7ccccc7)cccc6c5c4)cc3)c2)cc1. The molecule has 0 unspecified atom stereocenters. The Bertz CT molecular complexity index is 7360. The van der Waals surface area contributed by atoms with Gasteiger partial charge in [0.25, 0.3) is 0 Å². The van der Waals surface area contributed by atoms with Gasteiger partial charge in [0.15, 0.2) is 17.5 Å². The summed E-state index contributed by atoms with van der Waals surface area (Å²) in [4.78, 5) is 19.9. The van der Waals surface area contributed by atoms with Crippen LogP contribution in [0.1, 0.15) is 0 Å². The minimum Gasteiger partial charge on any atom is -0.310 e. The molecule has 0 spiro atoms. The Hall–Kier alpha value is -14.9. The number of anilines is 6. The summed E-state index contributed by atoms with van der Waals surface area (Å²) in [5, 5.41) is 9.95. The first-order valence-corrected chi connectivity index (χ1v) is 41.2. The Kier molecular flexibility index (Phi) is 18.3. The zero-order valence-corrected chi connectivity index (χ0v) is 65.2. The molecule has 0 saturated carbocycles. The predicted octanol–water partition coefficient (Wildman–Crippen LogP) is 30.8.